The molecule has 0 bridgehead atoms. The SMILES string of the molecule is CC(C)(C)[Si](C)(C)O[C@@H]1[C@@H](O[Si](C)(C)C(C)(C)C)C(=O)N(Cc2ccccc2)[C@H]1C#Cc1ccccc1. The van der Waals surface area contributed by atoms with E-state index in [2.05, 4.69) is 91.7 Å². The van der Waals surface area contributed by atoms with Crippen molar-refractivity contribution in [3.05, 3.63) is 71.8 Å². The predicted octanol–water partition coefficient (Wildman–Crippen LogP) is 7.23. The Labute approximate surface area is 227 Å². The molecule has 4 nitrogen and oxygen atoms in total. The molecule has 2 aromatic carbocycles. The summed E-state index contributed by atoms with van der Waals surface area (Å²) < 4.78 is 13.9. The molecule has 0 aromatic heterocycles. The summed E-state index contributed by atoms with van der Waals surface area (Å²) in [5.41, 5.74) is 2.00. The van der Waals surface area contributed by atoms with Crippen molar-refractivity contribution in [2.45, 2.75) is 103 Å². The van der Waals surface area contributed by atoms with E-state index < -0.39 is 34.9 Å². The molecule has 0 spiro atoms. The molecular formula is C31H45NO3Si2. The maximum Gasteiger partial charge on any atom is 0.254 e. The smallest absolute Gasteiger partial charge is 0.254 e. The van der Waals surface area contributed by atoms with Crippen molar-refractivity contribution >= 4 is 22.5 Å². The summed E-state index contributed by atoms with van der Waals surface area (Å²) in [7, 11) is -4.52. The Morgan fingerprint density at radius 2 is 1.27 bits per heavy atom. The van der Waals surface area contributed by atoms with Crippen molar-refractivity contribution in [2.24, 2.45) is 0 Å². The summed E-state index contributed by atoms with van der Waals surface area (Å²) in [6.07, 6.45) is -1.13. The highest BCUT2D eigenvalue weighted by atomic mass is 28.4. The Kier molecular flexibility index (Phi) is 8.65. The van der Waals surface area contributed by atoms with Crippen LogP contribution in [0.5, 0.6) is 0 Å². The largest absolute Gasteiger partial charge is 0.408 e. The topological polar surface area (TPSA) is 38.8 Å². The van der Waals surface area contributed by atoms with Crippen LogP contribution in [0.2, 0.25) is 36.3 Å². The van der Waals surface area contributed by atoms with E-state index in [0.29, 0.717) is 6.54 Å². The number of hydrogen-bond donors (Lipinski definition) is 0. The highest BCUT2D eigenvalue weighted by Crippen LogP contribution is 2.43. The fraction of sp³-hybridized carbons (Fsp3) is 0.516. The van der Waals surface area contributed by atoms with Crippen LogP contribution in [0.25, 0.3) is 0 Å². The summed E-state index contributed by atoms with van der Waals surface area (Å²) >= 11 is 0. The maximum absolute atomic E-state index is 14.2. The van der Waals surface area contributed by atoms with Crippen molar-refractivity contribution < 1.29 is 13.6 Å². The summed E-state index contributed by atoms with van der Waals surface area (Å²) in [5.74, 6) is 6.78. The highest BCUT2D eigenvalue weighted by molar-refractivity contribution is 6.74. The van der Waals surface area contributed by atoms with Gasteiger partial charge in [-0.05, 0) is 54.0 Å². The number of carbonyl (C=O) groups excluding carboxylic acids is 1. The number of carbonyl (C=O) groups is 1. The lowest BCUT2D eigenvalue weighted by molar-refractivity contribution is -0.135. The molecule has 0 N–H and O–H groups in total. The van der Waals surface area contributed by atoms with Gasteiger partial charge in [-0.15, -0.1) is 0 Å². The number of hydrogen-bond acceptors (Lipinski definition) is 3. The van der Waals surface area contributed by atoms with E-state index in [-0.39, 0.29) is 16.0 Å². The first-order chi connectivity index (χ1) is 17.0. The molecule has 3 rings (SSSR count). The Bertz CT molecular complexity index is 1120. The van der Waals surface area contributed by atoms with E-state index >= 15 is 0 Å². The van der Waals surface area contributed by atoms with Gasteiger partial charge in [-0.1, -0.05) is 102 Å². The van der Waals surface area contributed by atoms with Crippen molar-refractivity contribution in [3.63, 3.8) is 0 Å². The molecule has 0 unspecified atom stereocenters. The second-order valence-corrected chi connectivity index (χ2v) is 22.7. The van der Waals surface area contributed by atoms with Crippen molar-refractivity contribution in [3.8, 4) is 11.8 Å². The van der Waals surface area contributed by atoms with Crippen LogP contribution in [-0.2, 0) is 20.2 Å². The molecule has 1 saturated heterocycles. The monoisotopic (exact) mass is 535 g/mol. The van der Waals surface area contributed by atoms with Gasteiger partial charge in [0.2, 0.25) is 0 Å². The molecule has 1 amide bonds. The van der Waals surface area contributed by atoms with E-state index in [1.807, 2.05) is 53.4 Å². The zero-order valence-corrected chi connectivity index (χ0v) is 26.4. The Hall–Kier alpha value is -2.18. The first kappa shape index (κ1) is 29.4. The van der Waals surface area contributed by atoms with Gasteiger partial charge < -0.3 is 13.8 Å². The van der Waals surface area contributed by atoms with Gasteiger partial charge in [0.15, 0.2) is 22.7 Å². The average molecular weight is 536 g/mol. The number of benzene rings is 2. The number of nitrogens with zero attached hydrogens (tertiary/aromatic N) is 1. The van der Waals surface area contributed by atoms with Crippen LogP contribution in [0.1, 0.15) is 52.7 Å². The van der Waals surface area contributed by atoms with Gasteiger partial charge >= 0.3 is 0 Å². The molecule has 0 saturated carbocycles. The lowest BCUT2D eigenvalue weighted by Gasteiger charge is -2.42. The quantitative estimate of drug-likeness (QED) is 0.289. The number of likely N-dealkylation sites (tertiary alicyclic amines) is 1. The minimum absolute atomic E-state index is 0.0121. The van der Waals surface area contributed by atoms with E-state index in [1.165, 1.54) is 0 Å². The van der Waals surface area contributed by atoms with Crippen LogP contribution in [0.3, 0.4) is 0 Å². The first-order valence-corrected chi connectivity index (χ1v) is 19.1. The summed E-state index contributed by atoms with van der Waals surface area (Å²) in [6.45, 7) is 22.7. The molecule has 200 valence electrons. The van der Waals surface area contributed by atoms with Gasteiger partial charge in [0.25, 0.3) is 5.91 Å². The molecule has 1 fully saturated rings. The van der Waals surface area contributed by atoms with Gasteiger partial charge in [0.1, 0.15) is 12.1 Å². The van der Waals surface area contributed by atoms with Crippen LogP contribution in [0.4, 0.5) is 0 Å². The molecule has 1 aliphatic heterocycles. The normalized spacial score (nSPS) is 21.1. The third kappa shape index (κ3) is 6.83. The summed E-state index contributed by atoms with van der Waals surface area (Å²) in [6, 6.07) is 19.7. The number of rotatable bonds is 6. The van der Waals surface area contributed by atoms with Crippen LogP contribution < -0.4 is 0 Å². The second-order valence-electron chi connectivity index (χ2n) is 13.2. The van der Waals surface area contributed by atoms with Gasteiger partial charge in [-0.2, -0.15) is 0 Å². The second kappa shape index (κ2) is 10.9. The minimum Gasteiger partial charge on any atom is -0.408 e. The third-order valence-corrected chi connectivity index (χ3v) is 17.2. The van der Waals surface area contributed by atoms with Gasteiger partial charge in [0.05, 0.1) is 0 Å². The predicted molar refractivity (Wildman–Crippen MR) is 158 cm³/mol. The molecule has 37 heavy (non-hydrogen) atoms. The standard InChI is InChI=1S/C31H45NO3Si2/c1-30(2,3)36(7,8)34-27-26(22-21-24-17-13-11-14-18-24)32(23-25-19-15-12-16-20-25)29(33)28(27)35-37(9,10)31(4,5)6/h11-20,26-28H,23H2,1-10H3/t26-,27-,28+/m0/s1. The lowest BCUT2D eigenvalue weighted by atomic mass is 10.1. The first-order valence-electron chi connectivity index (χ1n) is 13.3. The van der Waals surface area contributed by atoms with Crippen LogP contribution in [0.15, 0.2) is 60.7 Å². The summed E-state index contributed by atoms with van der Waals surface area (Å²) in [4.78, 5) is 16.1. The van der Waals surface area contributed by atoms with E-state index in [4.69, 9.17) is 8.85 Å². The zero-order valence-electron chi connectivity index (χ0n) is 24.4. The molecule has 1 aliphatic rings. The molecule has 3 atom stereocenters. The fourth-order valence-electron chi connectivity index (χ4n) is 3.83. The van der Waals surface area contributed by atoms with Crippen molar-refractivity contribution in [1.82, 2.24) is 4.90 Å². The van der Waals surface area contributed by atoms with Crippen LogP contribution in [-0.4, -0.2) is 45.7 Å². The zero-order chi connectivity index (χ0) is 27.6. The molecule has 1 heterocycles. The molecular weight excluding hydrogens is 491 g/mol. The lowest BCUT2D eigenvalue weighted by Crippen LogP contribution is -2.53. The number of amides is 1. The van der Waals surface area contributed by atoms with E-state index in [0.717, 1.165) is 11.1 Å². The Morgan fingerprint density at radius 1 is 0.784 bits per heavy atom. The average Bonchev–Trinajstić information content (AvgIpc) is 3.02. The molecule has 0 radical (unpaired) electrons. The van der Waals surface area contributed by atoms with E-state index in [9.17, 15) is 4.79 Å². The molecule has 0 aliphatic carbocycles. The third-order valence-electron chi connectivity index (χ3n) is 8.27. The Morgan fingerprint density at radius 3 is 1.78 bits per heavy atom. The van der Waals surface area contributed by atoms with Crippen molar-refractivity contribution in [1.29, 1.82) is 0 Å². The van der Waals surface area contributed by atoms with Crippen molar-refractivity contribution in [2.75, 3.05) is 0 Å². The van der Waals surface area contributed by atoms with Crippen LogP contribution >= 0.6 is 0 Å². The maximum atomic E-state index is 14.2. The summed E-state index contributed by atoms with van der Waals surface area (Å²) in [5, 5.41) is -0.0469. The van der Waals surface area contributed by atoms with Gasteiger partial charge in [0, 0.05) is 12.1 Å². The van der Waals surface area contributed by atoms with Gasteiger partial charge in [-0.25, -0.2) is 0 Å². The Balaban J connectivity index is 2.12. The molecule has 2 aromatic rings. The van der Waals surface area contributed by atoms with Gasteiger partial charge in [-0.3, -0.25) is 4.79 Å². The highest BCUT2D eigenvalue weighted by Gasteiger charge is 2.55. The van der Waals surface area contributed by atoms with Crippen LogP contribution in [0, 0.1) is 11.8 Å². The minimum atomic E-state index is -2.27. The van der Waals surface area contributed by atoms with E-state index in [1.54, 1.807) is 0 Å². The fourth-order valence-corrected chi connectivity index (χ4v) is 6.34. The molecule has 6 heteroatoms.